The van der Waals surface area contributed by atoms with E-state index in [-0.39, 0.29) is 12.4 Å². The minimum Gasteiger partial charge on any atom is -0.486 e. The van der Waals surface area contributed by atoms with Crippen LogP contribution in [0.4, 0.5) is 0 Å². The highest BCUT2D eigenvalue weighted by Gasteiger charge is 1.99. The van der Waals surface area contributed by atoms with E-state index in [0.717, 1.165) is 5.56 Å². The van der Waals surface area contributed by atoms with Crippen molar-refractivity contribution in [2.24, 2.45) is 0 Å². The molecular weight excluding hydrogens is 236 g/mol. The zero-order valence-electron chi connectivity index (χ0n) is 11.6. The van der Waals surface area contributed by atoms with Crippen molar-refractivity contribution in [3.63, 3.8) is 0 Å². The second-order valence-corrected chi connectivity index (χ2v) is 3.31. The number of carbonyl (C=O) groups is 1. The first kappa shape index (κ1) is 18.3. The highest BCUT2D eigenvalue weighted by molar-refractivity contribution is 6.31. The summed E-state index contributed by atoms with van der Waals surface area (Å²) in [6.45, 7) is 11.5. The molecule has 98 valence electrons. The van der Waals surface area contributed by atoms with Crippen LogP contribution >= 0.6 is 11.6 Å². The predicted molar refractivity (Wildman–Crippen MR) is 75.1 cm³/mol. The SMILES string of the molecule is CC.CC.CC(=O)COc1ccc(Cl)c(C)c1. The molecule has 0 spiro atoms. The van der Waals surface area contributed by atoms with Gasteiger partial charge in [-0.05, 0) is 37.6 Å². The van der Waals surface area contributed by atoms with E-state index in [4.69, 9.17) is 16.3 Å². The molecule has 0 aliphatic carbocycles. The van der Waals surface area contributed by atoms with Crippen LogP contribution in [0.5, 0.6) is 5.75 Å². The number of hydrogen-bond acceptors (Lipinski definition) is 2. The summed E-state index contributed by atoms with van der Waals surface area (Å²) in [7, 11) is 0. The third-order valence-electron chi connectivity index (χ3n) is 1.57. The first-order valence-corrected chi connectivity index (χ1v) is 6.36. The molecule has 3 heteroatoms. The lowest BCUT2D eigenvalue weighted by atomic mass is 10.2. The fraction of sp³-hybridized carbons (Fsp3) is 0.500. The van der Waals surface area contributed by atoms with Crippen LogP contribution in [-0.2, 0) is 4.79 Å². The summed E-state index contributed by atoms with van der Waals surface area (Å²) in [6.07, 6.45) is 0. The molecule has 0 atom stereocenters. The number of halogens is 1. The first-order chi connectivity index (χ1) is 8.09. The Kier molecular flexibility index (Phi) is 12.4. The van der Waals surface area contributed by atoms with Gasteiger partial charge in [0.15, 0.2) is 5.78 Å². The summed E-state index contributed by atoms with van der Waals surface area (Å²) in [5.74, 6) is 0.685. The second kappa shape index (κ2) is 11.5. The normalized spacial score (nSPS) is 8.18. The standard InChI is InChI=1S/C10H11ClO2.2C2H6/c1-7-5-9(3-4-10(7)11)13-6-8(2)12;2*1-2/h3-5H,6H2,1-2H3;2*1-2H3. The lowest BCUT2D eigenvalue weighted by Gasteiger charge is -2.05. The Balaban J connectivity index is 0. The Morgan fingerprint density at radius 1 is 1.24 bits per heavy atom. The van der Waals surface area contributed by atoms with Crippen molar-refractivity contribution in [1.29, 1.82) is 0 Å². The number of rotatable bonds is 3. The van der Waals surface area contributed by atoms with E-state index < -0.39 is 0 Å². The third-order valence-corrected chi connectivity index (χ3v) is 2.00. The van der Waals surface area contributed by atoms with Gasteiger partial charge in [-0.15, -0.1) is 0 Å². The van der Waals surface area contributed by atoms with E-state index in [1.807, 2.05) is 40.7 Å². The maximum Gasteiger partial charge on any atom is 0.167 e. The van der Waals surface area contributed by atoms with Crippen LogP contribution in [0.1, 0.15) is 40.2 Å². The molecule has 1 aromatic rings. The molecule has 0 saturated carbocycles. The topological polar surface area (TPSA) is 26.3 Å². The van der Waals surface area contributed by atoms with Crippen molar-refractivity contribution < 1.29 is 9.53 Å². The van der Waals surface area contributed by atoms with Crippen molar-refractivity contribution in [1.82, 2.24) is 0 Å². The molecule has 0 radical (unpaired) electrons. The van der Waals surface area contributed by atoms with Crippen LogP contribution in [0, 0.1) is 6.92 Å². The van der Waals surface area contributed by atoms with Crippen molar-refractivity contribution in [3.8, 4) is 5.75 Å². The summed E-state index contributed by atoms with van der Waals surface area (Å²) in [5.41, 5.74) is 0.947. The quantitative estimate of drug-likeness (QED) is 0.788. The van der Waals surface area contributed by atoms with Crippen LogP contribution < -0.4 is 4.74 Å². The van der Waals surface area contributed by atoms with Crippen molar-refractivity contribution >= 4 is 17.4 Å². The van der Waals surface area contributed by atoms with Crippen LogP contribution in [0.3, 0.4) is 0 Å². The number of hydrogen-bond donors (Lipinski definition) is 0. The Bertz CT molecular complexity index is 322. The van der Waals surface area contributed by atoms with Crippen molar-refractivity contribution in [3.05, 3.63) is 28.8 Å². The average Bonchev–Trinajstić information content (AvgIpc) is 2.36. The van der Waals surface area contributed by atoms with Gasteiger partial charge in [-0.25, -0.2) is 0 Å². The number of aryl methyl sites for hydroxylation is 1. The monoisotopic (exact) mass is 258 g/mol. The summed E-state index contributed by atoms with van der Waals surface area (Å²) in [4.78, 5) is 10.6. The van der Waals surface area contributed by atoms with Gasteiger partial charge in [-0.1, -0.05) is 39.3 Å². The van der Waals surface area contributed by atoms with Crippen molar-refractivity contribution in [2.75, 3.05) is 6.61 Å². The minimum absolute atomic E-state index is 0.00704. The molecule has 0 aliphatic heterocycles. The zero-order valence-corrected chi connectivity index (χ0v) is 12.4. The number of Topliss-reactive ketones (excluding diaryl/α,β-unsaturated/α-hetero) is 1. The van der Waals surface area contributed by atoms with Crippen LogP contribution in [0.25, 0.3) is 0 Å². The van der Waals surface area contributed by atoms with Gasteiger partial charge in [0.05, 0.1) is 0 Å². The van der Waals surface area contributed by atoms with Gasteiger partial charge in [-0.3, -0.25) is 4.79 Å². The summed E-state index contributed by atoms with van der Waals surface area (Å²) >= 11 is 5.82. The molecule has 0 fully saturated rings. The second-order valence-electron chi connectivity index (χ2n) is 2.90. The average molecular weight is 259 g/mol. The Labute approximate surface area is 110 Å². The molecular formula is C14H23ClO2. The van der Waals surface area contributed by atoms with Crippen LogP contribution in [-0.4, -0.2) is 12.4 Å². The molecule has 0 bridgehead atoms. The number of benzene rings is 1. The Morgan fingerprint density at radius 2 is 1.76 bits per heavy atom. The van der Waals surface area contributed by atoms with E-state index in [0.29, 0.717) is 10.8 Å². The largest absolute Gasteiger partial charge is 0.486 e. The number of ketones is 1. The van der Waals surface area contributed by atoms with E-state index in [2.05, 4.69) is 0 Å². The molecule has 0 aromatic heterocycles. The molecule has 2 nitrogen and oxygen atoms in total. The Hall–Kier alpha value is -1.02. The highest BCUT2D eigenvalue weighted by atomic mass is 35.5. The molecule has 17 heavy (non-hydrogen) atoms. The fourth-order valence-electron chi connectivity index (χ4n) is 0.892. The molecule has 1 aromatic carbocycles. The zero-order chi connectivity index (χ0) is 13.8. The van der Waals surface area contributed by atoms with Gasteiger partial charge in [-0.2, -0.15) is 0 Å². The summed E-state index contributed by atoms with van der Waals surface area (Å²) < 4.78 is 5.20. The van der Waals surface area contributed by atoms with E-state index in [9.17, 15) is 4.79 Å². The Morgan fingerprint density at radius 3 is 2.18 bits per heavy atom. The molecule has 0 N–H and O–H groups in total. The maximum absolute atomic E-state index is 10.6. The van der Waals surface area contributed by atoms with Crippen LogP contribution in [0.2, 0.25) is 5.02 Å². The van der Waals surface area contributed by atoms with Gasteiger partial charge in [0.2, 0.25) is 0 Å². The van der Waals surface area contributed by atoms with E-state index in [1.54, 1.807) is 12.1 Å². The van der Waals surface area contributed by atoms with Gasteiger partial charge < -0.3 is 4.74 Å². The highest BCUT2D eigenvalue weighted by Crippen LogP contribution is 2.20. The molecule has 0 saturated heterocycles. The van der Waals surface area contributed by atoms with Gasteiger partial charge >= 0.3 is 0 Å². The van der Waals surface area contributed by atoms with E-state index >= 15 is 0 Å². The number of ether oxygens (including phenoxy) is 1. The van der Waals surface area contributed by atoms with Gasteiger partial charge in [0, 0.05) is 5.02 Å². The van der Waals surface area contributed by atoms with Crippen molar-refractivity contribution in [2.45, 2.75) is 41.5 Å². The van der Waals surface area contributed by atoms with Crippen LogP contribution in [0.15, 0.2) is 18.2 Å². The first-order valence-electron chi connectivity index (χ1n) is 5.98. The van der Waals surface area contributed by atoms with Gasteiger partial charge in [0.25, 0.3) is 0 Å². The van der Waals surface area contributed by atoms with E-state index in [1.165, 1.54) is 6.92 Å². The molecule has 0 unspecified atom stereocenters. The minimum atomic E-state index is 0.00704. The lowest BCUT2D eigenvalue weighted by molar-refractivity contribution is -0.118. The van der Waals surface area contributed by atoms with Gasteiger partial charge in [0.1, 0.15) is 12.4 Å². The summed E-state index contributed by atoms with van der Waals surface area (Å²) in [5, 5.41) is 0.704. The molecule has 0 amide bonds. The molecule has 0 aliphatic rings. The number of carbonyl (C=O) groups excluding carboxylic acids is 1. The third kappa shape index (κ3) is 8.75. The smallest absolute Gasteiger partial charge is 0.167 e. The lowest BCUT2D eigenvalue weighted by Crippen LogP contribution is -2.06. The fourth-order valence-corrected chi connectivity index (χ4v) is 1.01. The molecule has 0 heterocycles. The predicted octanol–water partition coefficient (Wildman–Crippen LogP) is 4.67. The summed E-state index contributed by atoms with van der Waals surface area (Å²) in [6, 6.07) is 5.32. The maximum atomic E-state index is 10.6. The molecule has 1 rings (SSSR count).